The number of hydrogen-bond donors (Lipinski definition) is 3. The minimum atomic E-state index is -2.36. The molecule has 2 unspecified atom stereocenters. The zero-order valence-corrected chi connectivity index (χ0v) is 38.4. The molecule has 2 heterocycles. The number of methoxy groups -OCH3 is 1. The van der Waals surface area contributed by atoms with E-state index in [0.717, 1.165) is 71.2 Å². The number of hydrogen-bond acceptors (Lipinski definition) is 17. The van der Waals surface area contributed by atoms with Crippen LogP contribution in [0, 0.1) is 13.8 Å². The lowest BCUT2D eigenvalue weighted by molar-refractivity contribution is -0.313. The SMILES string of the molecule is COC(=O)[C@@]1(OCCNCc2ccccc2)C[C@@H](OC(C)=O)C(NC(=O)Cn2cc(C3CCCCC3)nn2)C([C@H](OC(C)=O)[C@@H](CNC(=O)c2cc(C)c(OC(C)=O)c(C)c2)OC(C)=O)O1. The third kappa shape index (κ3) is 14.1. The highest BCUT2D eigenvalue weighted by Crippen LogP contribution is 2.37. The third-order valence-electron chi connectivity index (χ3n) is 11.1. The van der Waals surface area contributed by atoms with Crippen LogP contribution in [0.25, 0.3) is 0 Å². The molecule has 0 bridgehead atoms. The van der Waals surface area contributed by atoms with E-state index >= 15 is 0 Å². The van der Waals surface area contributed by atoms with Crippen molar-refractivity contribution in [2.24, 2.45) is 0 Å². The predicted octanol–water partition coefficient (Wildman–Crippen LogP) is 3.04. The van der Waals surface area contributed by atoms with Gasteiger partial charge in [-0.1, -0.05) is 54.8 Å². The van der Waals surface area contributed by atoms with Crippen LogP contribution in [-0.4, -0.2) is 120 Å². The Labute approximate surface area is 383 Å². The van der Waals surface area contributed by atoms with Gasteiger partial charge in [0, 0.05) is 58.5 Å². The summed E-state index contributed by atoms with van der Waals surface area (Å²) >= 11 is 0. The highest BCUT2D eigenvalue weighted by atomic mass is 16.7. The Kier molecular flexibility index (Phi) is 18.3. The third-order valence-corrected chi connectivity index (χ3v) is 11.1. The summed E-state index contributed by atoms with van der Waals surface area (Å²) in [5.74, 6) is -7.38. The van der Waals surface area contributed by atoms with Gasteiger partial charge in [-0.15, -0.1) is 5.10 Å². The number of esters is 5. The van der Waals surface area contributed by atoms with E-state index in [9.17, 15) is 33.6 Å². The van der Waals surface area contributed by atoms with Gasteiger partial charge in [0.1, 0.15) is 24.5 Å². The smallest absolute Gasteiger partial charge is 0.366 e. The maximum absolute atomic E-state index is 14.1. The number of aromatic nitrogens is 3. The summed E-state index contributed by atoms with van der Waals surface area (Å²) in [4.78, 5) is 92.1. The van der Waals surface area contributed by atoms with E-state index in [-0.39, 0.29) is 36.9 Å². The van der Waals surface area contributed by atoms with Crippen molar-refractivity contribution in [1.82, 2.24) is 30.9 Å². The molecule has 20 heteroatoms. The number of carbonyl (C=O) groups excluding carboxylic acids is 7. The number of carbonyl (C=O) groups is 7. The van der Waals surface area contributed by atoms with E-state index in [0.29, 0.717) is 17.7 Å². The second-order valence-corrected chi connectivity index (χ2v) is 16.4. The van der Waals surface area contributed by atoms with Crippen molar-refractivity contribution in [3.8, 4) is 5.75 Å². The summed E-state index contributed by atoms with van der Waals surface area (Å²) in [5, 5.41) is 17.2. The fraction of sp³-hybridized carbons (Fsp3) is 0.543. The average Bonchev–Trinajstić information content (AvgIpc) is 3.74. The fourth-order valence-corrected chi connectivity index (χ4v) is 8.30. The molecule has 6 atom stereocenters. The largest absolute Gasteiger partial charge is 0.465 e. The molecule has 2 amide bonds. The summed E-state index contributed by atoms with van der Waals surface area (Å²) in [6.45, 7) is 7.47. The maximum Gasteiger partial charge on any atom is 0.366 e. The van der Waals surface area contributed by atoms with Crippen molar-refractivity contribution in [3.63, 3.8) is 0 Å². The van der Waals surface area contributed by atoms with Gasteiger partial charge < -0.3 is 49.1 Å². The molecule has 1 aliphatic carbocycles. The molecule has 358 valence electrons. The summed E-state index contributed by atoms with van der Waals surface area (Å²) < 4.78 is 42.0. The Bertz CT molecular complexity index is 2170. The van der Waals surface area contributed by atoms with Gasteiger partial charge in [0.15, 0.2) is 12.2 Å². The second-order valence-electron chi connectivity index (χ2n) is 16.4. The molecule has 3 N–H and O–H groups in total. The summed E-state index contributed by atoms with van der Waals surface area (Å²) in [7, 11) is 1.09. The lowest BCUT2D eigenvalue weighted by Crippen LogP contribution is -2.70. The standard InChI is InChI=1S/C46H60N6O14/c1-27-20-35(21-28(2)41(27)64-31(5)55)44(58)48-24-38(63-30(4)54)42(65-32(6)56)43-40(49-39(57)26-52-25-36(50-51-52)34-16-12-9-13-17-34)37(62-29(3)53)22-46(66-43,45(59)60-7)61-19-18-47-23-33-14-10-8-11-15-33/h8,10-11,14-15,20-21,25,34,37-38,40,42-43,47H,9,12-13,16-19,22-24,26H2,1-7H3,(H,48,58)(H,49,57)/t37-,38-,40?,42-,43?,46-/m1/s1. The van der Waals surface area contributed by atoms with Crippen LogP contribution in [-0.2, 0) is 70.3 Å². The van der Waals surface area contributed by atoms with Crippen LogP contribution in [0.4, 0.5) is 0 Å². The molecule has 1 saturated heterocycles. The number of ether oxygens (including phenoxy) is 7. The van der Waals surface area contributed by atoms with Crippen LogP contribution in [0.1, 0.15) is 105 Å². The first-order chi connectivity index (χ1) is 31.5. The Hall–Kier alpha value is -6.25. The summed E-state index contributed by atoms with van der Waals surface area (Å²) in [6.07, 6.45) is -0.109. The van der Waals surface area contributed by atoms with Crippen LogP contribution < -0.4 is 20.7 Å². The monoisotopic (exact) mass is 920 g/mol. The molecular weight excluding hydrogens is 861 g/mol. The first kappa shape index (κ1) is 50.7. The molecule has 1 aliphatic heterocycles. The lowest BCUT2D eigenvalue weighted by atomic mass is 9.87. The maximum atomic E-state index is 14.1. The minimum absolute atomic E-state index is 0.152. The highest BCUT2D eigenvalue weighted by molar-refractivity contribution is 5.95. The quantitative estimate of drug-likeness (QED) is 0.0638. The Morgan fingerprint density at radius 3 is 2.20 bits per heavy atom. The Balaban J connectivity index is 1.51. The van der Waals surface area contributed by atoms with Crippen LogP contribution >= 0.6 is 0 Å². The van der Waals surface area contributed by atoms with Crippen molar-refractivity contribution in [2.45, 2.75) is 135 Å². The Morgan fingerprint density at radius 2 is 1.58 bits per heavy atom. The minimum Gasteiger partial charge on any atom is -0.465 e. The zero-order valence-electron chi connectivity index (χ0n) is 38.4. The molecular formula is C46H60N6O14. The molecule has 2 aromatic carbocycles. The molecule has 3 aromatic rings. The normalized spacial score (nSPS) is 20.5. The number of rotatable bonds is 20. The van der Waals surface area contributed by atoms with Gasteiger partial charge in [0.25, 0.3) is 11.7 Å². The molecule has 2 aliphatic rings. The first-order valence-corrected chi connectivity index (χ1v) is 21.9. The van der Waals surface area contributed by atoms with E-state index in [1.54, 1.807) is 20.0 Å². The van der Waals surface area contributed by atoms with E-state index in [1.807, 2.05) is 30.3 Å². The fourth-order valence-electron chi connectivity index (χ4n) is 8.30. The van der Waals surface area contributed by atoms with E-state index in [4.69, 9.17) is 33.2 Å². The van der Waals surface area contributed by atoms with Crippen LogP contribution in [0.5, 0.6) is 5.75 Å². The van der Waals surface area contributed by atoms with Gasteiger partial charge in [-0.05, 0) is 55.5 Å². The van der Waals surface area contributed by atoms with Gasteiger partial charge in [-0.25, -0.2) is 9.48 Å². The lowest BCUT2D eigenvalue weighted by Gasteiger charge is -2.48. The topological polar surface area (TPSA) is 251 Å². The van der Waals surface area contributed by atoms with Crippen molar-refractivity contribution < 1.29 is 66.7 Å². The zero-order chi connectivity index (χ0) is 48.0. The van der Waals surface area contributed by atoms with Crippen molar-refractivity contribution >= 4 is 41.7 Å². The first-order valence-electron chi connectivity index (χ1n) is 21.9. The molecule has 0 spiro atoms. The molecule has 0 radical (unpaired) electrons. The van der Waals surface area contributed by atoms with E-state index < -0.39 is 90.9 Å². The molecule has 5 rings (SSSR count). The number of nitrogens with one attached hydrogen (secondary N) is 3. The van der Waals surface area contributed by atoms with E-state index in [2.05, 4.69) is 26.3 Å². The van der Waals surface area contributed by atoms with Crippen molar-refractivity contribution in [2.75, 3.05) is 26.8 Å². The predicted molar refractivity (Wildman–Crippen MR) is 232 cm³/mol. The van der Waals surface area contributed by atoms with Gasteiger partial charge in [-0.3, -0.25) is 28.8 Å². The summed E-state index contributed by atoms with van der Waals surface area (Å²) in [6, 6.07) is 11.1. The average molecular weight is 921 g/mol. The number of nitrogens with zero attached hydrogens (tertiary/aromatic N) is 3. The second kappa shape index (κ2) is 23.8. The molecule has 66 heavy (non-hydrogen) atoms. The molecule has 2 fully saturated rings. The van der Waals surface area contributed by atoms with Crippen LogP contribution in [0.2, 0.25) is 0 Å². The Morgan fingerprint density at radius 1 is 0.894 bits per heavy atom. The highest BCUT2D eigenvalue weighted by Gasteiger charge is 2.59. The number of benzene rings is 2. The van der Waals surface area contributed by atoms with Gasteiger partial charge >= 0.3 is 29.8 Å². The molecule has 20 nitrogen and oxygen atoms in total. The van der Waals surface area contributed by atoms with Crippen LogP contribution in [0.15, 0.2) is 48.7 Å². The molecule has 1 aromatic heterocycles. The number of aryl methyl sites for hydroxylation is 2. The summed E-state index contributed by atoms with van der Waals surface area (Å²) in [5.41, 5.74) is 2.86. The van der Waals surface area contributed by atoms with Gasteiger partial charge in [0.05, 0.1) is 38.4 Å². The van der Waals surface area contributed by atoms with Crippen LogP contribution in [0.3, 0.4) is 0 Å². The van der Waals surface area contributed by atoms with E-state index in [1.165, 1.54) is 23.7 Å². The van der Waals surface area contributed by atoms with Crippen molar-refractivity contribution in [3.05, 3.63) is 76.6 Å². The number of amides is 2. The van der Waals surface area contributed by atoms with Gasteiger partial charge in [-0.2, -0.15) is 0 Å². The van der Waals surface area contributed by atoms with Crippen molar-refractivity contribution in [1.29, 1.82) is 0 Å². The molecule has 1 saturated carbocycles. The van der Waals surface area contributed by atoms with Gasteiger partial charge in [0.2, 0.25) is 5.91 Å².